The first-order valence-electron chi connectivity index (χ1n) is 8.25. The van der Waals surface area contributed by atoms with E-state index in [0.717, 1.165) is 11.3 Å². The minimum atomic E-state index is -0.844. The molecule has 3 aromatic rings. The molecular formula is C19H16N2O6. The summed E-state index contributed by atoms with van der Waals surface area (Å²) in [7, 11) is 1.59. The third kappa shape index (κ3) is 3.69. The topological polar surface area (TPSA) is 92.9 Å². The molecule has 1 atom stereocenters. The van der Waals surface area contributed by atoms with Gasteiger partial charge in [-0.05, 0) is 36.4 Å². The molecule has 0 unspecified atom stereocenters. The molecule has 0 radical (unpaired) electrons. The Morgan fingerprint density at radius 1 is 1.15 bits per heavy atom. The average molecular weight is 368 g/mol. The first kappa shape index (κ1) is 16.9. The Kier molecular flexibility index (Phi) is 4.61. The van der Waals surface area contributed by atoms with E-state index >= 15 is 0 Å². The predicted octanol–water partition coefficient (Wildman–Crippen LogP) is 2.63. The van der Waals surface area contributed by atoms with Crippen molar-refractivity contribution in [1.82, 2.24) is 10.1 Å². The predicted molar refractivity (Wildman–Crippen MR) is 92.4 cm³/mol. The lowest BCUT2D eigenvalue weighted by Gasteiger charge is -2.24. The maximum Gasteiger partial charge on any atom is 0.351 e. The van der Waals surface area contributed by atoms with Crippen molar-refractivity contribution in [1.29, 1.82) is 0 Å². The van der Waals surface area contributed by atoms with Gasteiger partial charge in [-0.2, -0.15) is 4.98 Å². The number of hydrogen-bond donors (Lipinski definition) is 0. The third-order valence-electron chi connectivity index (χ3n) is 3.93. The number of fused-ring (bicyclic) bond motifs is 1. The number of methoxy groups -OCH3 is 1. The highest BCUT2D eigenvalue weighted by atomic mass is 16.6. The first-order valence-corrected chi connectivity index (χ1v) is 8.25. The highest BCUT2D eigenvalue weighted by molar-refractivity contribution is 5.76. The standard InChI is InChI=1S/C19H16N2O6/c1-23-13-8-6-12(7-9-13)18-20-17(27-21-18)11-25-19(22)16-10-24-14-4-2-3-5-15(14)26-16/h2-9,16H,10-11H2,1H3/t16-/m1/s1. The lowest BCUT2D eigenvalue weighted by molar-refractivity contribution is -0.156. The summed E-state index contributed by atoms with van der Waals surface area (Å²) in [6.07, 6.45) is -0.844. The van der Waals surface area contributed by atoms with Crippen LogP contribution in [0.3, 0.4) is 0 Å². The van der Waals surface area contributed by atoms with E-state index in [-0.39, 0.29) is 19.1 Å². The highest BCUT2D eigenvalue weighted by Gasteiger charge is 2.29. The molecule has 0 saturated carbocycles. The van der Waals surface area contributed by atoms with Gasteiger partial charge in [-0.1, -0.05) is 17.3 Å². The molecule has 0 spiro atoms. The largest absolute Gasteiger partial charge is 0.497 e. The summed E-state index contributed by atoms with van der Waals surface area (Å²) in [5.74, 6) is 1.86. The Morgan fingerprint density at radius 2 is 1.93 bits per heavy atom. The first-order chi connectivity index (χ1) is 13.2. The Bertz CT molecular complexity index is 937. The lowest BCUT2D eigenvalue weighted by Crippen LogP contribution is -2.37. The van der Waals surface area contributed by atoms with Crippen LogP contribution in [0.1, 0.15) is 5.89 Å². The van der Waals surface area contributed by atoms with Gasteiger partial charge < -0.3 is 23.5 Å². The van der Waals surface area contributed by atoms with Crippen LogP contribution in [-0.2, 0) is 16.1 Å². The maximum atomic E-state index is 12.2. The van der Waals surface area contributed by atoms with Crippen LogP contribution >= 0.6 is 0 Å². The van der Waals surface area contributed by atoms with Gasteiger partial charge in [0.2, 0.25) is 11.9 Å². The molecule has 0 fully saturated rings. The van der Waals surface area contributed by atoms with E-state index < -0.39 is 12.1 Å². The van der Waals surface area contributed by atoms with Crippen LogP contribution in [0.2, 0.25) is 0 Å². The zero-order valence-electron chi connectivity index (χ0n) is 14.5. The second-order valence-corrected chi connectivity index (χ2v) is 5.71. The monoisotopic (exact) mass is 368 g/mol. The molecule has 8 heteroatoms. The van der Waals surface area contributed by atoms with E-state index in [1.54, 1.807) is 37.4 Å². The van der Waals surface area contributed by atoms with Crippen molar-refractivity contribution in [3.8, 4) is 28.6 Å². The zero-order valence-corrected chi connectivity index (χ0v) is 14.5. The van der Waals surface area contributed by atoms with Crippen LogP contribution in [0.5, 0.6) is 17.2 Å². The fourth-order valence-electron chi connectivity index (χ4n) is 2.53. The molecule has 4 rings (SSSR count). The Morgan fingerprint density at radius 3 is 2.70 bits per heavy atom. The Hall–Kier alpha value is -3.55. The molecule has 0 saturated heterocycles. The number of carbonyl (C=O) groups is 1. The Labute approximate surface area is 154 Å². The number of aromatic nitrogens is 2. The minimum absolute atomic E-state index is 0.0801. The summed E-state index contributed by atoms with van der Waals surface area (Å²) < 4.78 is 26.6. The number of para-hydroxylation sites is 2. The van der Waals surface area contributed by atoms with Crippen LogP contribution in [0.15, 0.2) is 53.1 Å². The fourth-order valence-corrected chi connectivity index (χ4v) is 2.53. The normalized spacial score (nSPS) is 15.2. The van der Waals surface area contributed by atoms with Crippen molar-refractivity contribution in [2.75, 3.05) is 13.7 Å². The molecule has 27 heavy (non-hydrogen) atoms. The molecule has 0 bridgehead atoms. The van der Waals surface area contributed by atoms with Gasteiger partial charge in [0.15, 0.2) is 18.1 Å². The van der Waals surface area contributed by atoms with Crippen LogP contribution in [-0.4, -0.2) is 35.9 Å². The SMILES string of the molecule is COc1ccc(-c2noc(COC(=O)[C@H]3COc4ccccc4O3)n2)cc1. The number of esters is 1. The number of carbonyl (C=O) groups excluding carboxylic acids is 1. The van der Waals surface area contributed by atoms with E-state index in [2.05, 4.69) is 10.1 Å². The summed E-state index contributed by atoms with van der Waals surface area (Å²) in [4.78, 5) is 16.4. The molecule has 0 N–H and O–H groups in total. The molecule has 1 aliphatic heterocycles. The number of ether oxygens (including phenoxy) is 4. The highest BCUT2D eigenvalue weighted by Crippen LogP contribution is 2.31. The van der Waals surface area contributed by atoms with Gasteiger partial charge in [0.1, 0.15) is 12.4 Å². The van der Waals surface area contributed by atoms with Crippen LogP contribution < -0.4 is 14.2 Å². The fraction of sp³-hybridized carbons (Fsp3) is 0.211. The third-order valence-corrected chi connectivity index (χ3v) is 3.93. The molecule has 1 aliphatic rings. The van der Waals surface area contributed by atoms with Gasteiger partial charge in [-0.25, -0.2) is 4.79 Å². The molecule has 8 nitrogen and oxygen atoms in total. The summed E-state index contributed by atoms with van der Waals surface area (Å²) in [6.45, 7) is -0.0692. The van der Waals surface area contributed by atoms with Crippen LogP contribution in [0.4, 0.5) is 0 Å². The molecule has 138 valence electrons. The van der Waals surface area contributed by atoms with Gasteiger partial charge in [-0.3, -0.25) is 0 Å². The van der Waals surface area contributed by atoms with Gasteiger partial charge in [0, 0.05) is 5.56 Å². The quantitative estimate of drug-likeness (QED) is 0.635. The lowest BCUT2D eigenvalue weighted by atomic mass is 10.2. The summed E-state index contributed by atoms with van der Waals surface area (Å²) in [5, 5.41) is 3.89. The van der Waals surface area contributed by atoms with Gasteiger partial charge in [0.05, 0.1) is 7.11 Å². The summed E-state index contributed by atoms with van der Waals surface area (Å²) >= 11 is 0. The van der Waals surface area contributed by atoms with E-state index in [4.69, 9.17) is 23.5 Å². The number of benzene rings is 2. The maximum absolute atomic E-state index is 12.2. The van der Waals surface area contributed by atoms with Gasteiger partial charge >= 0.3 is 5.97 Å². The van der Waals surface area contributed by atoms with Gasteiger partial charge in [0.25, 0.3) is 5.89 Å². The van der Waals surface area contributed by atoms with Crippen molar-refractivity contribution in [3.63, 3.8) is 0 Å². The van der Waals surface area contributed by atoms with E-state index in [1.807, 2.05) is 18.2 Å². The minimum Gasteiger partial charge on any atom is -0.497 e. The zero-order chi connectivity index (χ0) is 18.6. The molecule has 1 aromatic heterocycles. The molecule has 0 aliphatic carbocycles. The summed E-state index contributed by atoms with van der Waals surface area (Å²) in [6, 6.07) is 14.3. The van der Waals surface area contributed by atoms with E-state index in [0.29, 0.717) is 17.3 Å². The van der Waals surface area contributed by atoms with Crippen molar-refractivity contribution in [3.05, 3.63) is 54.4 Å². The second-order valence-electron chi connectivity index (χ2n) is 5.71. The molecular weight excluding hydrogens is 352 g/mol. The molecule has 0 amide bonds. The van der Waals surface area contributed by atoms with Crippen molar-refractivity contribution in [2.45, 2.75) is 12.7 Å². The van der Waals surface area contributed by atoms with E-state index in [1.165, 1.54) is 0 Å². The smallest absolute Gasteiger partial charge is 0.351 e. The van der Waals surface area contributed by atoms with Crippen LogP contribution in [0, 0.1) is 0 Å². The van der Waals surface area contributed by atoms with Crippen molar-refractivity contribution in [2.24, 2.45) is 0 Å². The van der Waals surface area contributed by atoms with Gasteiger partial charge in [-0.15, -0.1) is 0 Å². The second kappa shape index (κ2) is 7.36. The molecule has 2 heterocycles. The Balaban J connectivity index is 1.35. The number of nitrogens with zero attached hydrogens (tertiary/aromatic N) is 2. The number of rotatable bonds is 5. The van der Waals surface area contributed by atoms with Crippen molar-refractivity contribution >= 4 is 5.97 Å². The number of hydrogen-bond acceptors (Lipinski definition) is 8. The summed E-state index contributed by atoms with van der Waals surface area (Å²) in [5.41, 5.74) is 0.762. The molecule has 2 aromatic carbocycles. The van der Waals surface area contributed by atoms with Crippen molar-refractivity contribution < 1.29 is 28.3 Å². The average Bonchev–Trinajstić information content (AvgIpc) is 3.21. The van der Waals surface area contributed by atoms with Crippen LogP contribution in [0.25, 0.3) is 11.4 Å². The van der Waals surface area contributed by atoms with E-state index in [9.17, 15) is 4.79 Å².